The second-order valence-corrected chi connectivity index (χ2v) is 8.68. The minimum Gasteiger partial charge on any atom is -0.387 e. The number of H-pyrrole nitrogens is 1. The van der Waals surface area contributed by atoms with Crippen molar-refractivity contribution in [2.45, 2.75) is 38.2 Å². The summed E-state index contributed by atoms with van der Waals surface area (Å²) in [4.78, 5) is 16.5. The Morgan fingerprint density at radius 1 is 1.10 bits per heavy atom. The van der Waals surface area contributed by atoms with E-state index in [9.17, 15) is 9.90 Å². The van der Waals surface area contributed by atoms with Gasteiger partial charge in [-0.25, -0.2) is 0 Å². The van der Waals surface area contributed by atoms with Crippen LogP contribution in [0.15, 0.2) is 60.2 Å². The Hall–Kier alpha value is -2.98. The smallest absolute Gasteiger partial charge is 0.209 e. The second-order valence-electron chi connectivity index (χ2n) is 8.68. The number of allylic oxidation sites excluding steroid dienone is 1. The molecule has 0 radical (unpaired) electrons. The summed E-state index contributed by atoms with van der Waals surface area (Å²) in [5.41, 5.74) is 6.56. The van der Waals surface area contributed by atoms with Gasteiger partial charge in [0.1, 0.15) is 7.05 Å². The van der Waals surface area contributed by atoms with Gasteiger partial charge in [0, 0.05) is 39.9 Å². The Morgan fingerprint density at radius 2 is 1.79 bits per heavy atom. The minimum absolute atomic E-state index is 0.0120. The third-order valence-corrected chi connectivity index (χ3v) is 6.69. The maximum atomic E-state index is 13.2. The zero-order chi connectivity index (χ0) is 20.5. The Bertz CT molecular complexity index is 1240. The number of nitrogens with zero attached hydrogens (tertiary/aromatic N) is 1. The number of aliphatic hydroxyl groups excluding tert-OH is 1. The van der Waals surface area contributed by atoms with E-state index in [1.165, 1.54) is 5.56 Å². The molecule has 2 aliphatic rings. The molecule has 1 aliphatic carbocycles. The molecule has 5 rings (SSSR count). The summed E-state index contributed by atoms with van der Waals surface area (Å²) < 4.78 is 2.13. The molecule has 1 fully saturated rings. The number of rotatable bonds is 2. The number of ketones is 1. The van der Waals surface area contributed by atoms with Crippen LogP contribution in [-0.4, -0.2) is 39.3 Å². The van der Waals surface area contributed by atoms with Gasteiger partial charge in [-0.15, -0.1) is 0 Å². The van der Waals surface area contributed by atoms with E-state index in [0.717, 1.165) is 33.6 Å². The van der Waals surface area contributed by atoms with E-state index in [0.29, 0.717) is 5.57 Å². The van der Waals surface area contributed by atoms with Gasteiger partial charge in [0.2, 0.25) is 5.69 Å². The number of para-hydroxylation sites is 2. The summed E-state index contributed by atoms with van der Waals surface area (Å²) in [6.07, 6.45) is 1.12. The van der Waals surface area contributed by atoms with Crippen molar-refractivity contribution >= 4 is 28.1 Å². The van der Waals surface area contributed by atoms with Gasteiger partial charge in [-0.3, -0.25) is 4.79 Å². The summed E-state index contributed by atoms with van der Waals surface area (Å²) in [5.74, 6) is -0.492. The fourth-order valence-corrected chi connectivity index (χ4v) is 5.10. The molecule has 146 valence electrons. The molecule has 1 saturated carbocycles. The fraction of sp³-hybridized carbons (Fsp3) is 0.280. The number of hydrogen-bond acceptors (Lipinski definition) is 2. The van der Waals surface area contributed by atoms with Crippen molar-refractivity contribution in [1.82, 2.24) is 4.98 Å². The number of carbonyl (C=O) groups excluding carboxylic acids is 1. The monoisotopic (exact) mass is 385 g/mol. The van der Waals surface area contributed by atoms with E-state index in [1.54, 1.807) is 0 Å². The zero-order valence-electron chi connectivity index (χ0n) is 17.2. The molecule has 1 aliphatic heterocycles. The highest BCUT2D eigenvalue weighted by Crippen LogP contribution is 2.45. The van der Waals surface area contributed by atoms with Gasteiger partial charge in [-0.05, 0) is 32.4 Å². The van der Waals surface area contributed by atoms with E-state index < -0.39 is 12.0 Å². The van der Waals surface area contributed by atoms with Crippen molar-refractivity contribution in [3.63, 3.8) is 0 Å². The number of aliphatic hydroxyl groups is 1. The van der Waals surface area contributed by atoms with Crippen LogP contribution in [-0.2, 0) is 10.2 Å². The van der Waals surface area contributed by atoms with Crippen LogP contribution in [0.4, 0.5) is 5.69 Å². The molecule has 2 atom stereocenters. The van der Waals surface area contributed by atoms with E-state index in [-0.39, 0.29) is 11.2 Å². The first kappa shape index (κ1) is 18.1. The van der Waals surface area contributed by atoms with Crippen LogP contribution in [0.3, 0.4) is 0 Å². The first-order valence-electron chi connectivity index (χ1n) is 10.0. The largest absolute Gasteiger partial charge is 0.387 e. The van der Waals surface area contributed by atoms with Crippen LogP contribution in [0.2, 0.25) is 0 Å². The molecule has 3 aromatic rings. The number of aryl methyl sites for hydroxylation is 1. The van der Waals surface area contributed by atoms with Crippen LogP contribution in [0.5, 0.6) is 0 Å². The lowest BCUT2D eigenvalue weighted by molar-refractivity contribution is -0.401. The molecular weight excluding hydrogens is 360 g/mol. The van der Waals surface area contributed by atoms with Crippen LogP contribution in [0.1, 0.15) is 36.6 Å². The summed E-state index contributed by atoms with van der Waals surface area (Å²) in [6, 6.07) is 16.3. The van der Waals surface area contributed by atoms with Crippen LogP contribution < -0.4 is 0 Å². The highest BCUT2D eigenvalue weighted by atomic mass is 16.3. The number of hydrogen-bond donors (Lipinski definition) is 2. The Balaban J connectivity index is 1.55. The molecule has 4 nitrogen and oxygen atoms in total. The molecule has 0 saturated heterocycles. The molecule has 2 N–H and O–H groups in total. The topological polar surface area (TPSA) is 56.1 Å². The predicted octanol–water partition coefficient (Wildman–Crippen LogP) is 4.14. The molecule has 2 heterocycles. The fourth-order valence-electron chi connectivity index (χ4n) is 5.10. The third kappa shape index (κ3) is 2.36. The molecule has 1 aromatic heterocycles. The molecule has 2 unspecified atom stereocenters. The molecule has 0 amide bonds. The molecule has 0 spiro atoms. The Morgan fingerprint density at radius 3 is 2.52 bits per heavy atom. The van der Waals surface area contributed by atoms with Crippen molar-refractivity contribution < 1.29 is 14.5 Å². The summed E-state index contributed by atoms with van der Waals surface area (Å²) in [7, 11) is 2.02. The van der Waals surface area contributed by atoms with Crippen molar-refractivity contribution in [2.75, 3.05) is 7.05 Å². The van der Waals surface area contributed by atoms with Gasteiger partial charge in [0.15, 0.2) is 11.5 Å². The van der Waals surface area contributed by atoms with Gasteiger partial charge >= 0.3 is 0 Å². The first-order chi connectivity index (χ1) is 13.8. The Kier molecular flexibility index (Phi) is 3.74. The van der Waals surface area contributed by atoms with Crippen molar-refractivity contribution in [2.24, 2.45) is 0 Å². The summed E-state index contributed by atoms with van der Waals surface area (Å²) >= 11 is 0. The second kappa shape index (κ2) is 6.01. The van der Waals surface area contributed by atoms with E-state index >= 15 is 0 Å². The molecule has 4 heteroatoms. The maximum absolute atomic E-state index is 13.2. The van der Waals surface area contributed by atoms with Gasteiger partial charge in [0.25, 0.3) is 0 Å². The standard InChI is InChI=1S/C25H24N2O2/c1-14-21(15-9-5-7-11-18(15)26-14)22-23(28)16(24(22)29)13-20-25(2,3)17-10-6-8-12-19(17)27(20)4/h5-13,22-23,28H,1-4H3/p+1. The number of Topliss-reactive ketones (excluding diaryl/α,β-unsaturated/α-hetero) is 1. The highest BCUT2D eigenvalue weighted by Gasteiger charge is 2.50. The zero-order valence-corrected chi connectivity index (χ0v) is 17.2. The molecule has 0 bridgehead atoms. The number of aromatic nitrogens is 1. The van der Waals surface area contributed by atoms with Crippen molar-refractivity contribution in [3.05, 3.63) is 77.0 Å². The highest BCUT2D eigenvalue weighted by molar-refractivity contribution is 6.16. The lowest BCUT2D eigenvalue weighted by atomic mass is 9.69. The van der Waals surface area contributed by atoms with E-state index in [2.05, 4.69) is 35.5 Å². The number of carbonyl (C=O) groups is 1. The summed E-state index contributed by atoms with van der Waals surface area (Å²) in [6.45, 7) is 6.30. The van der Waals surface area contributed by atoms with E-state index in [4.69, 9.17) is 0 Å². The third-order valence-electron chi connectivity index (χ3n) is 6.69. The quantitative estimate of drug-likeness (QED) is 0.515. The lowest BCUT2D eigenvalue weighted by Gasteiger charge is -2.34. The van der Waals surface area contributed by atoms with Crippen LogP contribution in [0, 0.1) is 6.92 Å². The first-order valence-corrected chi connectivity index (χ1v) is 10.0. The van der Waals surface area contributed by atoms with E-state index in [1.807, 2.05) is 56.4 Å². The molecule has 29 heavy (non-hydrogen) atoms. The number of benzene rings is 2. The average Bonchev–Trinajstić information content (AvgIpc) is 3.12. The number of fused-ring (bicyclic) bond motifs is 2. The molecular formula is C25H25N2O2+. The Labute approximate surface area is 170 Å². The van der Waals surface area contributed by atoms with Gasteiger partial charge in [-0.2, -0.15) is 4.58 Å². The normalized spacial score (nSPS) is 24.3. The summed E-state index contributed by atoms with van der Waals surface area (Å²) in [5, 5.41) is 12.0. The van der Waals surface area contributed by atoms with Crippen molar-refractivity contribution in [1.29, 1.82) is 0 Å². The van der Waals surface area contributed by atoms with Crippen molar-refractivity contribution in [3.8, 4) is 0 Å². The van der Waals surface area contributed by atoms with Gasteiger partial charge < -0.3 is 10.1 Å². The predicted molar refractivity (Wildman–Crippen MR) is 115 cm³/mol. The minimum atomic E-state index is -0.791. The van der Waals surface area contributed by atoms with Crippen LogP contribution in [0.25, 0.3) is 10.9 Å². The van der Waals surface area contributed by atoms with Gasteiger partial charge in [0.05, 0.1) is 17.4 Å². The molecule has 2 aromatic carbocycles. The SMILES string of the molecule is Cc1[nH]c2ccccc2c1C1C(=O)C(=CC2=[N+](C)c3ccccc3C2(C)C)C1O. The van der Waals surface area contributed by atoms with Gasteiger partial charge in [-0.1, -0.05) is 36.4 Å². The number of nitrogens with one attached hydrogen (secondary N) is 1. The maximum Gasteiger partial charge on any atom is 0.209 e. The van der Waals surface area contributed by atoms with Crippen LogP contribution >= 0.6 is 0 Å². The number of aromatic amines is 1. The lowest BCUT2D eigenvalue weighted by Crippen LogP contribution is -2.44. The average molecular weight is 385 g/mol.